The molecule has 0 fully saturated rings. The molecule has 21 heavy (non-hydrogen) atoms. The molecule has 0 aliphatic heterocycles. The number of hydrogen-bond acceptors (Lipinski definition) is 3. The van der Waals surface area contributed by atoms with E-state index in [1.165, 1.54) is 4.68 Å². The van der Waals surface area contributed by atoms with Crippen molar-refractivity contribution in [3.8, 4) is 0 Å². The summed E-state index contributed by atoms with van der Waals surface area (Å²) in [5.74, 6) is -0.102. The standard InChI is InChI=1S/C13H13BrCl2N2O2S/c1-8(2)11-12(21(16,19)20)13(15)18(17-11)7-9-4-3-5-10(14)6-9/h3-6,8H,7H2,1-2H3. The number of halogens is 3. The van der Waals surface area contributed by atoms with Crippen LogP contribution in [-0.4, -0.2) is 18.2 Å². The number of nitrogens with zero attached hydrogens (tertiary/aromatic N) is 2. The first-order chi connectivity index (χ1) is 9.70. The zero-order valence-electron chi connectivity index (χ0n) is 11.3. The molecule has 4 nitrogen and oxygen atoms in total. The lowest BCUT2D eigenvalue weighted by molar-refractivity contribution is 0.607. The fourth-order valence-corrected chi connectivity index (χ4v) is 4.31. The van der Waals surface area contributed by atoms with Gasteiger partial charge in [0, 0.05) is 15.2 Å². The van der Waals surface area contributed by atoms with Gasteiger partial charge < -0.3 is 0 Å². The Morgan fingerprint density at radius 1 is 1.38 bits per heavy atom. The highest BCUT2D eigenvalue weighted by Gasteiger charge is 2.27. The van der Waals surface area contributed by atoms with Crippen molar-refractivity contribution >= 4 is 47.3 Å². The highest BCUT2D eigenvalue weighted by atomic mass is 79.9. The normalized spacial score (nSPS) is 12.1. The first kappa shape index (κ1) is 16.8. The maximum Gasteiger partial charge on any atom is 0.266 e. The van der Waals surface area contributed by atoms with Crippen molar-refractivity contribution in [1.82, 2.24) is 9.78 Å². The van der Waals surface area contributed by atoms with E-state index in [2.05, 4.69) is 21.0 Å². The second-order valence-corrected chi connectivity index (χ2v) is 8.66. The molecule has 2 aromatic rings. The van der Waals surface area contributed by atoms with Gasteiger partial charge in [-0.1, -0.05) is 53.5 Å². The molecular weight excluding hydrogens is 399 g/mol. The largest absolute Gasteiger partial charge is 0.266 e. The summed E-state index contributed by atoms with van der Waals surface area (Å²) in [6.45, 7) is 4.05. The summed E-state index contributed by atoms with van der Waals surface area (Å²) >= 11 is 9.56. The zero-order valence-corrected chi connectivity index (χ0v) is 15.3. The molecule has 0 aliphatic carbocycles. The molecule has 0 bridgehead atoms. The molecule has 2 rings (SSSR count). The van der Waals surface area contributed by atoms with Gasteiger partial charge in [-0.25, -0.2) is 13.1 Å². The molecule has 0 unspecified atom stereocenters. The number of aromatic nitrogens is 2. The van der Waals surface area contributed by atoms with Gasteiger partial charge in [-0.2, -0.15) is 5.10 Å². The highest BCUT2D eigenvalue weighted by Crippen LogP contribution is 2.33. The minimum Gasteiger partial charge on any atom is -0.248 e. The van der Waals surface area contributed by atoms with Crippen molar-refractivity contribution < 1.29 is 8.42 Å². The predicted octanol–water partition coefficient (Wildman–Crippen LogP) is 4.40. The van der Waals surface area contributed by atoms with Gasteiger partial charge in [0.1, 0.15) is 10.0 Å². The Bertz CT molecular complexity index is 772. The van der Waals surface area contributed by atoms with Crippen molar-refractivity contribution in [2.75, 3.05) is 0 Å². The second-order valence-electron chi connectivity index (χ2n) is 4.89. The van der Waals surface area contributed by atoms with Gasteiger partial charge in [-0.3, -0.25) is 0 Å². The monoisotopic (exact) mass is 410 g/mol. The molecule has 1 aromatic heterocycles. The molecular formula is C13H13BrCl2N2O2S. The maximum atomic E-state index is 11.7. The lowest BCUT2D eigenvalue weighted by atomic mass is 10.1. The van der Waals surface area contributed by atoms with E-state index < -0.39 is 9.05 Å². The van der Waals surface area contributed by atoms with E-state index in [4.69, 9.17) is 22.3 Å². The van der Waals surface area contributed by atoms with Gasteiger partial charge >= 0.3 is 0 Å². The SMILES string of the molecule is CC(C)c1nn(Cc2cccc(Br)c2)c(Cl)c1S(=O)(=O)Cl. The number of hydrogen-bond donors (Lipinski definition) is 0. The van der Waals surface area contributed by atoms with Crippen LogP contribution in [0.25, 0.3) is 0 Å². The summed E-state index contributed by atoms with van der Waals surface area (Å²) in [7, 11) is 1.54. The summed E-state index contributed by atoms with van der Waals surface area (Å²) in [5.41, 5.74) is 1.33. The Morgan fingerprint density at radius 2 is 2.05 bits per heavy atom. The van der Waals surface area contributed by atoms with E-state index in [-0.39, 0.29) is 16.0 Å². The van der Waals surface area contributed by atoms with Gasteiger partial charge in [-0.05, 0) is 23.6 Å². The van der Waals surface area contributed by atoms with Crippen LogP contribution in [0.5, 0.6) is 0 Å². The average molecular weight is 412 g/mol. The van der Waals surface area contributed by atoms with Crippen LogP contribution in [0.2, 0.25) is 5.15 Å². The van der Waals surface area contributed by atoms with Crippen molar-refractivity contribution in [2.45, 2.75) is 31.2 Å². The van der Waals surface area contributed by atoms with Gasteiger partial charge in [0.15, 0.2) is 0 Å². The van der Waals surface area contributed by atoms with Crippen LogP contribution < -0.4 is 0 Å². The minimum absolute atomic E-state index is 0.0358. The molecule has 0 spiro atoms. The third-order valence-electron chi connectivity index (χ3n) is 2.89. The first-order valence-corrected chi connectivity index (χ1v) is 9.63. The van der Waals surface area contributed by atoms with Crippen molar-refractivity contribution in [2.24, 2.45) is 0 Å². The molecule has 1 aromatic carbocycles. The van der Waals surface area contributed by atoms with Crippen LogP contribution in [0.3, 0.4) is 0 Å². The summed E-state index contributed by atoms with van der Waals surface area (Å²) in [6, 6.07) is 7.62. The number of rotatable bonds is 4. The lowest BCUT2D eigenvalue weighted by Gasteiger charge is -2.04. The third kappa shape index (κ3) is 3.80. The fraction of sp³-hybridized carbons (Fsp3) is 0.308. The van der Waals surface area contributed by atoms with Crippen molar-refractivity contribution in [3.63, 3.8) is 0 Å². The van der Waals surface area contributed by atoms with E-state index in [1.54, 1.807) is 0 Å². The average Bonchev–Trinajstić information content (AvgIpc) is 2.67. The van der Waals surface area contributed by atoms with E-state index in [1.807, 2.05) is 38.1 Å². The van der Waals surface area contributed by atoms with Crippen LogP contribution >= 0.6 is 38.2 Å². The quantitative estimate of drug-likeness (QED) is 0.700. The Balaban J connectivity index is 2.51. The lowest BCUT2D eigenvalue weighted by Crippen LogP contribution is -2.03. The molecule has 0 radical (unpaired) electrons. The minimum atomic E-state index is -3.94. The second kappa shape index (κ2) is 6.28. The zero-order chi connectivity index (χ0) is 15.8. The smallest absolute Gasteiger partial charge is 0.248 e. The Hall–Kier alpha value is -0.560. The molecule has 8 heteroatoms. The van der Waals surface area contributed by atoms with Crippen LogP contribution in [0.4, 0.5) is 0 Å². The summed E-state index contributed by atoms with van der Waals surface area (Å²) < 4.78 is 25.8. The molecule has 0 aliphatic rings. The Labute approximate surface area is 141 Å². The maximum absolute atomic E-state index is 11.7. The molecule has 114 valence electrons. The van der Waals surface area contributed by atoms with Crippen LogP contribution in [0.1, 0.15) is 31.0 Å². The summed E-state index contributed by atoms with van der Waals surface area (Å²) in [4.78, 5) is -0.101. The van der Waals surface area contributed by atoms with Crippen LogP contribution in [0, 0.1) is 0 Å². The van der Waals surface area contributed by atoms with E-state index >= 15 is 0 Å². The van der Waals surface area contributed by atoms with Crippen molar-refractivity contribution in [1.29, 1.82) is 0 Å². The molecule has 0 saturated heterocycles. The summed E-state index contributed by atoms with van der Waals surface area (Å²) in [6.07, 6.45) is 0. The van der Waals surface area contributed by atoms with Gasteiger partial charge in [0.25, 0.3) is 9.05 Å². The van der Waals surface area contributed by atoms with Crippen molar-refractivity contribution in [3.05, 3.63) is 45.1 Å². The van der Waals surface area contributed by atoms with Gasteiger partial charge in [0.05, 0.1) is 12.2 Å². The Morgan fingerprint density at radius 3 is 2.52 bits per heavy atom. The predicted molar refractivity (Wildman–Crippen MR) is 87.6 cm³/mol. The summed E-state index contributed by atoms with van der Waals surface area (Å²) in [5, 5.41) is 4.34. The molecule has 1 heterocycles. The fourth-order valence-electron chi connectivity index (χ4n) is 1.96. The van der Waals surface area contributed by atoms with E-state index in [0.717, 1.165) is 10.0 Å². The van der Waals surface area contributed by atoms with E-state index in [9.17, 15) is 8.42 Å². The molecule has 0 N–H and O–H groups in total. The number of benzene rings is 1. The van der Waals surface area contributed by atoms with Crippen LogP contribution in [0.15, 0.2) is 33.6 Å². The highest BCUT2D eigenvalue weighted by molar-refractivity contribution is 9.10. The first-order valence-electron chi connectivity index (χ1n) is 6.15. The van der Waals surface area contributed by atoms with Gasteiger partial charge in [0.2, 0.25) is 0 Å². The molecule has 0 amide bonds. The topological polar surface area (TPSA) is 52.0 Å². The molecule has 0 atom stereocenters. The van der Waals surface area contributed by atoms with Crippen LogP contribution in [-0.2, 0) is 15.6 Å². The van der Waals surface area contributed by atoms with Gasteiger partial charge in [-0.15, -0.1) is 0 Å². The third-order valence-corrected chi connectivity index (χ3v) is 5.23. The Kier molecular flexibility index (Phi) is 5.03. The molecule has 0 saturated carbocycles. The van der Waals surface area contributed by atoms with E-state index in [0.29, 0.717) is 12.2 Å².